The van der Waals surface area contributed by atoms with E-state index in [-0.39, 0.29) is 0 Å². The fraction of sp³-hybridized carbons (Fsp3) is 0.294. The minimum absolute atomic E-state index is 0.299. The van der Waals surface area contributed by atoms with Gasteiger partial charge < -0.3 is 0 Å². The number of hydrogen-bond donors (Lipinski definition) is 0. The van der Waals surface area contributed by atoms with Gasteiger partial charge in [0.25, 0.3) is 0 Å². The molecule has 0 saturated carbocycles. The highest BCUT2D eigenvalue weighted by atomic mass is 79.9. The summed E-state index contributed by atoms with van der Waals surface area (Å²) in [6.45, 7) is 3.29. The smallest absolute Gasteiger partial charge is 0.243 e. The van der Waals surface area contributed by atoms with Crippen LogP contribution in [0.25, 0.3) is 0 Å². The van der Waals surface area contributed by atoms with E-state index in [1.807, 2.05) is 12.1 Å². The standard InChI is InChI=1S/C17H18BrClN2O2S/c18-15-3-1-14(2-4-15)13-20-9-11-21(12-10-20)24(22,23)17-7-5-16(19)6-8-17/h1-8H,9-13H2. The highest BCUT2D eigenvalue weighted by Gasteiger charge is 2.28. The van der Waals surface area contributed by atoms with Crippen LogP contribution >= 0.6 is 27.5 Å². The largest absolute Gasteiger partial charge is 0.296 e. The molecule has 0 spiro atoms. The predicted molar refractivity (Wildman–Crippen MR) is 99.6 cm³/mol. The van der Waals surface area contributed by atoms with Crippen molar-refractivity contribution >= 4 is 37.6 Å². The quantitative estimate of drug-likeness (QED) is 0.745. The molecule has 1 saturated heterocycles. The molecule has 24 heavy (non-hydrogen) atoms. The van der Waals surface area contributed by atoms with Crippen molar-refractivity contribution < 1.29 is 8.42 Å². The molecule has 1 aliphatic heterocycles. The van der Waals surface area contributed by atoms with E-state index < -0.39 is 10.0 Å². The van der Waals surface area contributed by atoms with Crippen LogP contribution in [-0.2, 0) is 16.6 Å². The summed E-state index contributed by atoms with van der Waals surface area (Å²) in [5.74, 6) is 0. The van der Waals surface area contributed by atoms with E-state index in [1.54, 1.807) is 28.6 Å². The molecular weight excluding hydrogens is 412 g/mol. The molecule has 128 valence electrons. The number of halogens is 2. The monoisotopic (exact) mass is 428 g/mol. The molecule has 0 radical (unpaired) electrons. The van der Waals surface area contributed by atoms with Crippen LogP contribution in [-0.4, -0.2) is 43.8 Å². The zero-order chi connectivity index (χ0) is 17.2. The zero-order valence-corrected chi connectivity index (χ0v) is 16.2. The summed E-state index contributed by atoms with van der Waals surface area (Å²) in [7, 11) is -3.44. The van der Waals surface area contributed by atoms with Gasteiger partial charge >= 0.3 is 0 Å². The second-order valence-electron chi connectivity index (χ2n) is 5.76. The fourth-order valence-corrected chi connectivity index (χ4v) is 4.54. The van der Waals surface area contributed by atoms with Gasteiger partial charge in [-0.3, -0.25) is 4.90 Å². The zero-order valence-electron chi connectivity index (χ0n) is 13.0. The van der Waals surface area contributed by atoms with Crippen LogP contribution in [0.5, 0.6) is 0 Å². The third kappa shape index (κ3) is 4.18. The van der Waals surface area contributed by atoms with Crippen molar-refractivity contribution in [3.63, 3.8) is 0 Å². The Morgan fingerprint density at radius 2 is 1.50 bits per heavy atom. The van der Waals surface area contributed by atoms with E-state index in [4.69, 9.17) is 11.6 Å². The van der Waals surface area contributed by atoms with Crippen LogP contribution in [0.15, 0.2) is 57.9 Å². The lowest BCUT2D eigenvalue weighted by atomic mass is 10.2. The average molecular weight is 430 g/mol. The Morgan fingerprint density at radius 1 is 0.917 bits per heavy atom. The first-order chi connectivity index (χ1) is 11.4. The van der Waals surface area contributed by atoms with E-state index in [0.29, 0.717) is 23.0 Å². The van der Waals surface area contributed by atoms with Crippen molar-refractivity contribution in [2.75, 3.05) is 26.2 Å². The Balaban J connectivity index is 1.62. The first-order valence-electron chi connectivity index (χ1n) is 7.68. The molecule has 0 atom stereocenters. The fourth-order valence-electron chi connectivity index (χ4n) is 2.73. The number of nitrogens with zero attached hydrogens (tertiary/aromatic N) is 2. The van der Waals surface area contributed by atoms with Crippen molar-refractivity contribution in [2.45, 2.75) is 11.4 Å². The number of hydrogen-bond acceptors (Lipinski definition) is 3. The first-order valence-corrected chi connectivity index (χ1v) is 10.3. The maximum absolute atomic E-state index is 12.7. The number of sulfonamides is 1. The lowest BCUT2D eigenvalue weighted by molar-refractivity contribution is 0.181. The Labute approximate surface area is 156 Å². The molecule has 0 aliphatic carbocycles. The molecule has 0 aromatic heterocycles. The maximum Gasteiger partial charge on any atom is 0.243 e. The van der Waals surface area contributed by atoms with Gasteiger partial charge in [0, 0.05) is 42.2 Å². The van der Waals surface area contributed by atoms with Crippen LogP contribution in [0, 0.1) is 0 Å². The summed E-state index contributed by atoms with van der Waals surface area (Å²) in [4.78, 5) is 2.57. The molecule has 1 fully saturated rings. The van der Waals surface area contributed by atoms with Crippen molar-refractivity contribution in [1.29, 1.82) is 0 Å². The summed E-state index contributed by atoms with van der Waals surface area (Å²) < 4.78 is 27.9. The van der Waals surface area contributed by atoms with Gasteiger partial charge in [-0.05, 0) is 42.0 Å². The number of rotatable bonds is 4. The van der Waals surface area contributed by atoms with E-state index >= 15 is 0 Å². The molecule has 0 unspecified atom stereocenters. The Hall–Kier alpha value is -0.920. The van der Waals surface area contributed by atoms with Gasteiger partial charge in [-0.25, -0.2) is 8.42 Å². The van der Waals surface area contributed by atoms with E-state index in [2.05, 4.69) is 33.0 Å². The predicted octanol–water partition coefficient (Wildman–Crippen LogP) is 3.61. The molecule has 1 aliphatic rings. The Bertz CT molecular complexity index is 786. The van der Waals surface area contributed by atoms with Crippen LogP contribution in [0.4, 0.5) is 0 Å². The van der Waals surface area contributed by atoms with Crippen molar-refractivity contribution in [2.24, 2.45) is 0 Å². The molecule has 0 amide bonds. The van der Waals surface area contributed by atoms with Gasteiger partial charge in [0.2, 0.25) is 10.0 Å². The molecule has 4 nitrogen and oxygen atoms in total. The highest BCUT2D eigenvalue weighted by Crippen LogP contribution is 2.20. The van der Waals surface area contributed by atoms with Crippen molar-refractivity contribution in [3.05, 3.63) is 63.6 Å². The molecule has 0 N–H and O–H groups in total. The normalized spacial score (nSPS) is 17.1. The van der Waals surface area contributed by atoms with Gasteiger partial charge in [0.05, 0.1) is 4.90 Å². The first kappa shape index (κ1) is 17.9. The van der Waals surface area contributed by atoms with Gasteiger partial charge in [0.1, 0.15) is 0 Å². The summed E-state index contributed by atoms with van der Waals surface area (Å²) in [5, 5.41) is 0.535. The Kier molecular flexibility index (Phi) is 5.62. The van der Waals surface area contributed by atoms with E-state index in [0.717, 1.165) is 24.1 Å². The molecule has 2 aromatic carbocycles. The lowest BCUT2D eigenvalue weighted by Crippen LogP contribution is -2.48. The molecule has 0 bridgehead atoms. The van der Waals surface area contributed by atoms with Gasteiger partial charge in [-0.2, -0.15) is 4.31 Å². The lowest BCUT2D eigenvalue weighted by Gasteiger charge is -2.34. The summed E-state index contributed by atoms with van der Waals surface area (Å²) in [6.07, 6.45) is 0. The molecule has 2 aromatic rings. The second-order valence-corrected chi connectivity index (χ2v) is 9.05. The number of piperazine rings is 1. The van der Waals surface area contributed by atoms with Crippen LogP contribution in [0.2, 0.25) is 5.02 Å². The molecule has 1 heterocycles. The molecular formula is C17H18BrClN2O2S. The molecule has 7 heteroatoms. The van der Waals surface area contributed by atoms with Gasteiger partial charge in [0.15, 0.2) is 0 Å². The average Bonchev–Trinajstić information content (AvgIpc) is 2.58. The van der Waals surface area contributed by atoms with Gasteiger partial charge in [-0.15, -0.1) is 0 Å². The molecule has 3 rings (SSSR count). The van der Waals surface area contributed by atoms with E-state index in [9.17, 15) is 8.42 Å². The van der Waals surface area contributed by atoms with Crippen LogP contribution < -0.4 is 0 Å². The minimum atomic E-state index is -3.44. The SMILES string of the molecule is O=S(=O)(c1ccc(Cl)cc1)N1CCN(Cc2ccc(Br)cc2)CC1. The van der Waals surface area contributed by atoms with Crippen LogP contribution in [0.1, 0.15) is 5.56 Å². The number of benzene rings is 2. The summed E-state index contributed by atoms with van der Waals surface area (Å²) in [5.41, 5.74) is 1.23. The van der Waals surface area contributed by atoms with Crippen molar-refractivity contribution in [1.82, 2.24) is 9.21 Å². The second kappa shape index (κ2) is 7.54. The Morgan fingerprint density at radius 3 is 2.08 bits per heavy atom. The van der Waals surface area contributed by atoms with Gasteiger partial charge in [-0.1, -0.05) is 39.7 Å². The third-order valence-electron chi connectivity index (χ3n) is 4.10. The van der Waals surface area contributed by atoms with Crippen molar-refractivity contribution in [3.8, 4) is 0 Å². The summed E-state index contributed by atoms with van der Waals surface area (Å²) >= 11 is 9.27. The van der Waals surface area contributed by atoms with Crippen LogP contribution in [0.3, 0.4) is 0 Å². The topological polar surface area (TPSA) is 40.6 Å². The third-order valence-corrected chi connectivity index (χ3v) is 6.80. The minimum Gasteiger partial charge on any atom is -0.296 e. The maximum atomic E-state index is 12.7. The highest BCUT2D eigenvalue weighted by molar-refractivity contribution is 9.10. The summed E-state index contributed by atoms with van der Waals surface area (Å²) in [6, 6.07) is 14.6. The van der Waals surface area contributed by atoms with E-state index in [1.165, 1.54) is 5.56 Å².